The molecule has 7 heteroatoms. The van der Waals surface area contributed by atoms with Gasteiger partial charge in [0.15, 0.2) is 0 Å². The molecule has 144 valence electrons. The van der Waals surface area contributed by atoms with Crippen LogP contribution in [0.4, 0.5) is 5.69 Å². The molecule has 1 aliphatic rings. The van der Waals surface area contributed by atoms with E-state index < -0.39 is 5.91 Å². The number of nitrogens with zero attached hydrogens (tertiary/aromatic N) is 1. The Morgan fingerprint density at radius 3 is 2.50 bits per heavy atom. The molecule has 0 radical (unpaired) electrons. The smallest absolute Gasteiger partial charge is 0.251 e. The zero-order valence-electron chi connectivity index (χ0n) is 15.6. The first-order chi connectivity index (χ1) is 12.3. The maximum Gasteiger partial charge on any atom is 0.251 e. The maximum absolute atomic E-state index is 12.6. The fourth-order valence-corrected chi connectivity index (χ4v) is 4.08. The second-order valence-corrected chi connectivity index (χ2v) is 7.84. The number of nitrogens with one attached hydrogen (secondary N) is 1. The number of carbonyl (C=O) groups excluding carboxylic acids is 2. The summed E-state index contributed by atoms with van der Waals surface area (Å²) in [6.45, 7) is 5.23. The molecule has 2 amide bonds. The van der Waals surface area contributed by atoms with Crippen LogP contribution in [0.15, 0.2) is 16.6 Å². The van der Waals surface area contributed by atoms with E-state index in [-0.39, 0.29) is 18.9 Å². The lowest BCUT2D eigenvalue weighted by atomic mass is 9.90. The van der Waals surface area contributed by atoms with Gasteiger partial charge in [-0.2, -0.15) is 0 Å². The molecule has 1 aromatic rings. The van der Waals surface area contributed by atoms with Crippen molar-refractivity contribution in [1.29, 1.82) is 0 Å². The van der Waals surface area contributed by atoms with Gasteiger partial charge in [-0.05, 0) is 57.2 Å². The third kappa shape index (κ3) is 5.20. The summed E-state index contributed by atoms with van der Waals surface area (Å²) in [5.41, 5.74) is 13.8. The minimum Gasteiger partial charge on any atom is -0.370 e. The minimum atomic E-state index is -0.426. The van der Waals surface area contributed by atoms with E-state index >= 15 is 0 Å². The van der Waals surface area contributed by atoms with E-state index in [9.17, 15) is 9.59 Å². The first-order valence-corrected chi connectivity index (χ1v) is 10.0. The van der Waals surface area contributed by atoms with Crippen LogP contribution in [0.25, 0.3) is 0 Å². The standard InChI is InChI=1S/C19H29BrN4O2/c1-3-24(15-6-4-14(21)5-7-15)17-11-13(20)10-16(12(17)2)19(26)23-9-8-18(22)25/h10-11,14-15H,3-9,21H2,1-2H3,(H2,22,25)(H,23,26). The Bertz CT molecular complexity index is 657. The molecule has 6 nitrogen and oxygen atoms in total. The summed E-state index contributed by atoms with van der Waals surface area (Å²) < 4.78 is 0.865. The molecule has 2 rings (SSSR count). The highest BCUT2D eigenvalue weighted by Gasteiger charge is 2.26. The van der Waals surface area contributed by atoms with Crippen LogP contribution in [-0.4, -0.2) is 37.0 Å². The first kappa shape index (κ1) is 20.7. The summed E-state index contributed by atoms with van der Waals surface area (Å²) in [5.74, 6) is -0.613. The van der Waals surface area contributed by atoms with Gasteiger partial charge in [-0.3, -0.25) is 9.59 Å². The Labute approximate surface area is 163 Å². The fraction of sp³-hybridized carbons (Fsp3) is 0.579. The van der Waals surface area contributed by atoms with E-state index in [1.165, 1.54) is 0 Å². The molecule has 1 aromatic carbocycles. The molecule has 0 bridgehead atoms. The zero-order chi connectivity index (χ0) is 19.3. The fourth-order valence-electron chi connectivity index (χ4n) is 3.63. The third-order valence-electron chi connectivity index (χ3n) is 5.08. The molecule has 0 atom stereocenters. The van der Waals surface area contributed by atoms with E-state index in [0.717, 1.165) is 48.0 Å². The molecule has 1 saturated carbocycles. The van der Waals surface area contributed by atoms with E-state index in [4.69, 9.17) is 11.5 Å². The molecule has 26 heavy (non-hydrogen) atoms. The van der Waals surface area contributed by atoms with Crippen LogP contribution in [0.2, 0.25) is 0 Å². The van der Waals surface area contributed by atoms with Crippen molar-refractivity contribution in [3.63, 3.8) is 0 Å². The van der Waals surface area contributed by atoms with Crippen molar-refractivity contribution in [2.24, 2.45) is 11.5 Å². The second kappa shape index (κ2) is 9.37. The van der Waals surface area contributed by atoms with Gasteiger partial charge in [-0.25, -0.2) is 0 Å². The van der Waals surface area contributed by atoms with Crippen molar-refractivity contribution in [3.8, 4) is 0 Å². The lowest BCUT2D eigenvalue weighted by molar-refractivity contribution is -0.117. The highest BCUT2D eigenvalue weighted by atomic mass is 79.9. The van der Waals surface area contributed by atoms with Crippen LogP contribution < -0.4 is 21.7 Å². The topological polar surface area (TPSA) is 101 Å². The zero-order valence-corrected chi connectivity index (χ0v) is 17.1. The largest absolute Gasteiger partial charge is 0.370 e. The third-order valence-corrected chi connectivity index (χ3v) is 5.54. The predicted molar refractivity (Wildman–Crippen MR) is 108 cm³/mol. The highest BCUT2D eigenvalue weighted by Crippen LogP contribution is 2.33. The molecule has 0 heterocycles. The monoisotopic (exact) mass is 424 g/mol. The van der Waals surface area contributed by atoms with E-state index in [1.54, 1.807) is 0 Å². The number of anilines is 1. The van der Waals surface area contributed by atoms with Gasteiger partial charge in [0.05, 0.1) is 0 Å². The number of rotatable bonds is 7. The van der Waals surface area contributed by atoms with Gasteiger partial charge in [0.2, 0.25) is 5.91 Å². The molecular weight excluding hydrogens is 396 g/mol. The number of nitrogens with two attached hydrogens (primary N) is 2. The van der Waals surface area contributed by atoms with E-state index in [2.05, 4.69) is 39.1 Å². The van der Waals surface area contributed by atoms with Crippen LogP contribution in [0, 0.1) is 6.92 Å². The summed E-state index contributed by atoms with van der Waals surface area (Å²) in [7, 11) is 0. The van der Waals surface area contributed by atoms with Crippen molar-refractivity contribution in [1.82, 2.24) is 5.32 Å². The van der Waals surface area contributed by atoms with Gasteiger partial charge in [-0.1, -0.05) is 15.9 Å². The molecule has 0 unspecified atom stereocenters. The Balaban J connectivity index is 2.24. The van der Waals surface area contributed by atoms with E-state index in [0.29, 0.717) is 17.6 Å². The van der Waals surface area contributed by atoms with Crippen molar-refractivity contribution in [2.75, 3.05) is 18.0 Å². The Morgan fingerprint density at radius 1 is 1.27 bits per heavy atom. The normalized spacial score (nSPS) is 19.8. The Kier molecular flexibility index (Phi) is 7.46. The van der Waals surface area contributed by atoms with Crippen molar-refractivity contribution >= 4 is 33.4 Å². The number of primary amides is 1. The molecule has 0 spiro atoms. The second-order valence-electron chi connectivity index (χ2n) is 6.92. The maximum atomic E-state index is 12.6. The Hall–Kier alpha value is -1.60. The lowest BCUT2D eigenvalue weighted by Crippen LogP contribution is -2.41. The SMILES string of the molecule is CCN(c1cc(Br)cc(C(=O)NCCC(N)=O)c1C)C1CCC(N)CC1. The summed E-state index contributed by atoms with van der Waals surface area (Å²) in [6, 6.07) is 4.65. The van der Waals surface area contributed by atoms with Gasteiger partial charge < -0.3 is 21.7 Å². The van der Waals surface area contributed by atoms with Gasteiger partial charge in [0, 0.05) is 47.3 Å². The van der Waals surface area contributed by atoms with Gasteiger partial charge >= 0.3 is 0 Å². The molecule has 5 N–H and O–H groups in total. The number of amides is 2. The quantitative estimate of drug-likeness (QED) is 0.625. The average molecular weight is 425 g/mol. The lowest BCUT2D eigenvalue weighted by Gasteiger charge is -2.38. The van der Waals surface area contributed by atoms with Crippen LogP contribution in [-0.2, 0) is 4.79 Å². The number of hydrogen-bond donors (Lipinski definition) is 3. The van der Waals surface area contributed by atoms with Crippen LogP contribution in [0.5, 0.6) is 0 Å². The van der Waals surface area contributed by atoms with Crippen LogP contribution in [0.1, 0.15) is 54.9 Å². The van der Waals surface area contributed by atoms with Crippen LogP contribution in [0.3, 0.4) is 0 Å². The number of hydrogen-bond acceptors (Lipinski definition) is 4. The molecule has 0 saturated heterocycles. The number of carbonyl (C=O) groups is 2. The van der Waals surface area contributed by atoms with Gasteiger partial charge in [0.25, 0.3) is 5.91 Å². The number of benzene rings is 1. The number of halogens is 1. The summed E-state index contributed by atoms with van der Waals surface area (Å²) in [6.07, 6.45) is 4.35. The van der Waals surface area contributed by atoms with E-state index in [1.807, 2.05) is 13.0 Å². The molecular formula is C19H29BrN4O2. The Morgan fingerprint density at radius 2 is 1.92 bits per heavy atom. The highest BCUT2D eigenvalue weighted by molar-refractivity contribution is 9.10. The van der Waals surface area contributed by atoms with Crippen molar-refractivity contribution < 1.29 is 9.59 Å². The van der Waals surface area contributed by atoms with Gasteiger partial charge in [0.1, 0.15) is 0 Å². The summed E-state index contributed by atoms with van der Waals surface area (Å²) in [4.78, 5) is 25.8. The summed E-state index contributed by atoms with van der Waals surface area (Å²) in [5, 5.41) is 2.77. The molecule has 0 aromatic heterocycles. The first-order valence-electron chi connectivity index (χ1n) is 9.22. The average Bonchev–Trinajstić information content (AvgIpc) is 2.59. The van der Waals surface area contributed by atoms with Gasteiger partial charge in [-0.15, -0.1) is 0 Å². The minimum absolute atomic E-state index is 0.134. The summed E-state index contributed by atoms with van der Waals surface area (Å²) >= 11 is 3.54. The van der Waals surface area contributed by atoms with Crippen molar-refractivity contribution in [2.45, 2.75) is 58.0 Å². The van der Waals surface area contributed by atoms with Crippen LogP contribution >= 0.6 is 15.9 Å². The molecule has 1 fully saturated rings. The predicted octanol–water partition coefficient (Wildman–Crippen LogP) is 2.46. The molecule has 0 aliphatic heterocycles. The van der Waals surface area contributed by atoms with Crippen molar-refractivity contribution in [3.05, 3.63) is 27.7 Å². The molecule has 1 aliphatic carbocycles.